The van der Waals surface area contributed by atoms with Gasteiger partial charge in [0.1, 0.15) is 0 Å². The third-order valence-electron chi connectivity index (χ3n) is 0.994. The van der Waals surface area contributed by atoms with Gasteiger partial charge in [0.25, 0.3) is 0 Å². The van der Waals surface area contributed by atoms with Gasteiger partial charge in [-0.05, 0) is 18.1 Å². The molecule has 0 unspecified atom stereocenters. The Kier molecular flexibility index (Phi) is 2.39. The van der Waals surface area contributed by atoms with Gasteiger partial charge in [0.15, 0.2) is 0 Å². The molecule has 0 aliphatic carbocycles. The predicted molar refractivity (Wildman–Crippen MR) is 43.4 cm³/mol. The second kappa shape index (κ2) is 2.91. The van der Waals surface area contributed by atoms with Gasteiger partial charge in [-0.15, -0.1) is 11.3 Å². The minimum atomic E-state index is 0.744. The van der Waals surface area contributed by atoms with E-state index in [9.17, 15) is 0 Å². The van der Waals surface area contributed by atoms with Crippen LogP contribution in [0.3, 0.4) is 0 Å². The molecule has 0 atom stereocenters. The summed E-state index contributed by atoms with van der Waals surface area (Å²) in [5.41, 5.74) is 1.02. The zero-order valence-electron chi connectivity index (χ0n) is 4.82. The maximum atomic E-state index is 5.75. The molecule has 0 aromatic carbocycles. The summed E-state index contributed by atoms with van der Waals surface area (Å²) < 4.78 is 1.51. The topological polar surface area (TPSA) is 0 Å². The van der Waals surface area contributed by atoms with E-state index in [-0.39, 0.29) is 0 Å². The van der Waals surface area contributed by atoms with Crippen molar-refractivity contribution >= 4 is 34.5 Å². The lowest BCUT2D eigenvalue weighted by atomic mass is 10.3. The van der Waals surface area contributed by atoms with E-state index in [1.807, 2.05) is 19.4 Å². The van der Waals surface area contributed by atoms with Crippen molar-refractivity contribution in [1.29, 1.82) is 0 Å². The third-order valence-corrected chi connectivity index (χ3v) is 2.51. The Hall–Kier alpha value is 0.280. The van der Waals surface area contributed by atoms with Crippen molar-refractivity contribution in [3.8, 4) is 0 Å². The lowest BCUT2D eigenvalue weighted by Crippen LogP contribution is -1.66. The van der Waals surface area contributed by atoms with Crippen LogP contribution < -0.4 is 0 Å². The van der Waals surface area contributed by atoms with Crippen LogP contribution in [0.15, 0.2) is 6.07 Å². The van der Waals surface area contributed by atoms with Crippen molar-refractivity contribution in [2.45, 2.75) is 6.92 Å². The molecule has 0 fully saturated rings. The molecule has 0 nitrogen and oxygen atoms in total. The standard InChI is InChI=1S/C6H5Cl2S/c1-2-4-3-5(7)9-6(4)8/h2-3H,1H3. The van der Waals surface area contributed by atoms with E-state index in [0.717, 1.165) is 14.2 Å². The van der Waals surface area contributed by atoms with Crippen LogP contribution in [-0.2, 0) is 0 Å². The Morgan fingerprint density at radius 2 is 2.22 bits per heavy atom. The van der Waals surface area contributed by atoms with E-state index in [0.29, 0.717) is 0 Å². The van der Waals surface area contributed by atoms with Crippen LogP contribution in [0.1, 0.15) is 12.5 Å². The molecule has 0 saturated heterocycles. The molecule has 0 saturated carbocycles. The number of rotatable bonds is 1. The molecule has 3 heteroatoms. The monoisotopic (exact) mass is 179 g/mol. The van der Waals surface area contributed by atoms with Crippen molar-refractivity contribution in [3.63, 3.8) is 0 Å². The summed E-state index contributed by atoms with van der Waals surface area (Å²) in [4.78, 5) is 0. The number of hydrogen-bond donors (Lipinski definition) is 0. The molecule has 0 aliphatic rings. The van der Waals surface area contributed by atoms with Gasteiger partial charge >= 0.3 is 0 Å². The lowest BCUT2D eigenvalue weighted by Gasteiger charge is -1.84. The number of halogens is 2. The van der Waals surface area contributed by atoms with Crippen LogP contribution in [0.5, 0.6) is 0 Å². The summed E-state index contributed by atoms with van der Waals surface area (Å²) in [6.07, 6.45) is 1.94. The van der Waals surface area contributed by atoms with Crippen LogP contribution in [0, 0.1) is 6.42 Å². The van der Waals surface area contributed by atoms with Crippen molar-refractivity contribution in [3.05, 3.63) is 26.7 Å². The second-order valence-corrected chi connectivity index (χ2v) is 3.85. The molecule has 9 heavy (non-hydrogen) atoms. The lowest BCUT2D eigenvalue weighted by molar-refractivity contribution is 1.47. The van der Waals surface area contributed by atoms with Gasteiger partial charge in [0, 0.05) is 0 Å². The number of hydrogen-bond acceptors (Lipinski definition) is 1. The maximum absolute atomic E-state index is 5.75. The van der Waals surface area contributed by atoms with Crippen LogP contribution in [0.25, 0.3) is 0 Å². The highest BCUT2D eigenvalue weighted by Crippen LogP contribution is 2.31. The fourth-order valence-electron chi connectivity index (χ4n) is 0.550. The normalized spacial score (nSPS) is 10.1. The smallest absolute Gasteiger partial charge is 0.0979 e. The zero-order valence-corrected chi connectivity index (χ0v) is 7.15. The van der Waals surface area contributed by atoms with E-state index in [1.165, 1.54) is 11.3 Å². The summed E-state index contributed by atoms with van der Waals surface area (Å²) in [7, 11) is 0. The average Bonchev–Trinajstić information content (AvgIpc) is 2.10. The third kappa shape index (κ3) is 1.60. The summed E-state index contributed by atoms with van der Waals surface area (Å²) in [5.74, 6) is 0. The van der Waals surface area contributed by atoms with Gasteiger partial charge in [-0.1, -0.05) is 30.1 Å². The number of thiophene rings is 1. The summed E-state index contributed by atoms with van der Waals surface area (Å²) in [5, 5.41) is 0. The molecule has 1 rings (SSSR count). The molecule has 0 bridgehead atoms. The quantitative estimate of drug-likeness (QED) is 0.619. The van der Waals surface area contributed by atoms with E-state index in [1.54, 1.807) is 0 Å². The molecule has 1 aromatic rings. The first-order chi connectivity index (χ1) is 4.24. The van der Waals surface area contributed by atoms with Gasteiger partial charge in [-0.2, -0.15) is 0 Å². The zero-order chi connectivity index (χ0) is 6.85. The second-order valence-electron chi connectivity index (χ2n) is 1.57. The highest BCUT2D eigenvalue weighted by atomic mass is 35.5. The van der Waals surface area contributed by atoms with Gasteiger partial charge in [0.2, 0.25) is 0 Å². The van der Waals surface area contributed by atoms with Gasteiger partial charge < -0.3 is 0 Å². The van der Waals surface area contributed by atoms with Crippen molar-refractivity contribution in [2.24, 2.45) is 0 Å². The minimum absolute atomic E-state index is 0.744. The summed E-state index contributed by atoms with van der Waals surface area (Å²) >= 11 is 12.8. The highest BCUT2D eigenvalue weighted by molar-refractivity contribution is 7.20. The van der Waals surface area contributed by atoms with Crippen molar-refractivity contribution in [2.75, 3.05) is 0 Å². The maximum Gasteiger partial charge on any atom is 0.0979 e. The van der Waals surface area contributed by atoms with Crippen LogP contribution in [0.4, 0.5) is 0 Å². The molecule has 1 heterocycles. The average molecular weight is 180 g/mol. The minimum Gasteiger partial charge on any atom is -0.111 e. The molecule has 0 N–H and O–H groups in total. The van der Waals surface area contributed by atoms with Crippen molar-refractivity contribution in [1.82, 2.24) is 0 Å². The van der Waals surface area contributed by atoms with Gasteiger partial charge in [-0.3, -0.25) is 0 Å². The fraction of sp³-hybridized carbons (Fsp3) is 0.167. The fourth-order valence-corrected chi connectivity index (χ4v) is 2.08. The van der Waals surface area contributed by atoms with Crippen molar-refractivity contribution < 1.29 is 0 Å². The Labute approximate surface area is 68.4 Å². The molecule has 0 aliphatic heterocycles. The predicted octanol–water partition coefficient (Wildman–Crippen LogP) is 3.63. The first kappa shape index (κ1) is 7.39. The first-order valence-electron chi connectivity index (χ1n) is 2.48. The van der Waals surface area contributed by atoms with Gasteiger partial charge in [0.05, 0.1) is 8.67 Å². The van der Waals surface area contributed by atoms with Gasteiger partial charge in [-0.25, -0.2) is 0 Å². The SMILES string of the molecule is C[CH]c1cc(Cl)sc1Cl. The Morgan fingerprint density at radius 1 is 1.56 bits per heavy atom. The summed E-state index contributed by atoms with van der Waals surface area (Å²) in [6.45, 7) is 1.93. The van der Waals surface area contributed by atoms with E-state index in [2.05, 4.69) is 0 Å². The highest BCUT2D eigenvalue weighted by Gasteiger charge is 2.01. The first-order valence-corrected chi connectivity index (χ1v) is 4.05. The molecule has 0 spiro atoms. The van der Waals surface area contributed by atoms with Crippen LogP contribution in [-0.4, -0.2) is 0 Å². The van der Waals surface area contributed by atoms with Crippen LogP contribution in [0.2, 0.25) is 8.67 Å². The molecule has 1 radical (unpaired) electrons. The Morgan fingerprint density at radius 3 is 2.44 bits per heavy atom. The largest absolute Gasteiger partial charge is 0.111 e. The van der Waals surface area contributed by atoms with E-state index < -0.39 is 0 Å². The molecular formula is C6H5Cl2S. The molecule has 1 aromatic heterocycles. The Balaban J connectivity index is 3.01. The van der Waals surface area contributed by atoms with E-state index >= 15 is 0 Å². The van der Waals surface area contributed by atoms with Crippen LogP contribution >= 0.6 is 34.5 Å². The summed E-state index contributed by atoms with van der Waals surface area (Å²) in [6, 6.07) is 1.86. The molecule has 0 amide bonds. The molecular weight excluding hydrogens is 175 g/mol. The molecule has 49 valence electrons. The Bertz CT molecular complexity index is 205. The van der Waals surface area contributed by atoms with E-state index in [4.69, 9.17) is 23.2 Å².